The van der Waals surface area contributed by atoms with Gasteiger partial charge in [0.15, 0.2) is 0 Å². The third kappa shape index (κ3) is 5.06. The summed E-state index contributed by atoms with van der Waals surface area (Å²) in [7, 11) is 1.92. The van der Waals surface area contributed by atoms with Crippen molar-refractivity contribution >= 4 is 18.3 Å². The molecule has 2 aliphatic rings. The second kappa shape index (κ2) is 8.70. The Morgan fingerprint density at radius 3 is 2.61 bits per heavy atom. The lowest BCUT2D eigenvalue weighted by atomic mass is 9.71. The molecule has 1 fully saturated rings. The van der Waals surface area contributed by atoms with Crippen molar-refractivity contribution in [2.45, 2.75) is 44.2 Å². The fourth-order valence-electron chi connectivity index (χ4n) is 4.09. The molecular formula is C24H29N7O2. The Morgan fingerprint density at radius 1 is 1.27 bits per heavy atom. The van der Waals surface area contributed by atoms with Crippen molar-refractivity contribution in [3.8, 4) is 17.3 Å². The Kier molecular flexibility index (Phi) is 5.93. The van der Waals surface area contributed by atoms with E-state index in [9.17, 15) is 10.1 Å². The fraction of sp³-hybridized carbons (Fsp3) is 0.458. The summed E-state index contributed by atoms with van der Waals surface area (Å²) in [6.07, 6.45) is 3.58. The highest BCUT2D eigenvalue weighted by Crippen LogP contribution is 2.39. The number of likely N-dealkylation sites (N-methyl/N-ethyl adjacent to an activating group) is 1. The van der Waals surface area contributed by atoms with Gasteiger partial charge in [0.2, 0.25) is 5.95 Å². The molecule has 1 N–H and O–H groups in total. The van der Waals surface area contributed by atoms with Gasteiger partial charge in [0.05, 0.1) is 24.3 Å². The SMILES string of the molecule is CN1CC(Nc2nccc(-c3ccc(C4(CC#N)CN(C(=O)OC(C)(C)C)C4)cc3)n2)C=N1. The Labute approximate surface area is 194 Å². The van der Waals surface area contributed by atoms with Crippen molar-refractivity contribution in [2.75, 3.05) is 32.0 Å². The van der Waals surface area contributed by atoms with Crippen LogP contribution in [0.3, 0.4) is 0 Å². The molecule has 1 aromatic heterocycles. The maximum absolute atomic E-state index is 12.4. The topological polar surface area (TPSA) is 107 Å². The minimum absolute atomic E-state index is 0.0741. The molecule has 0 aliphatic carbocycles. The van der Waals surface area contributed by atoms with Crippen molar-refractivity contribution in [2.24, 2.45) is 5.10 Å². The van der Waals surface area contributed by atoms with E-state index >= 15 is 0 Å². The second-order valence-corrected chi connectivity index (χ2v) is 9.65. The van der Waals surface area contributed by atoms with E-state index in [-0.39, 0.29) is 17.6 Å². The Bertz CT molecular complexity index is 1080. The molecule has 4 rings (SSSR count). The number of benzene rings is 1. The van der Waals surface area contributed by atoms with Crippen LogP contribution < -0.4 is 5.32 Å². The number of nitriles is 1. The smallest absolute Gasteiger partial charge is 0.410 e. The lowest BCUT2D eigenvalue weighted by molar-refractivity contribution is -0.00918. The lowest BCUT2D eigenvalue weighted by Gasteiger charge is -2.49. The first-order valence-electron chi connectivity index (χ1n) is 11.0. The van der Waals surface area contributed by atoms with E-state index in [0.29, 0.717) is 25.5 Å². The number of anilines is 1. The largest absolute Gasteiger partial charge is 0.444 e. The van der Waals surface area contributed by atoms with Gasteiger partial charge in [0.25, 0.3) is 0 Å². The summed E-state index contributed by atoms with van der Waals surface area (Å²) in [6, 6.07) is 12.3. The predicted octanol–water partition coefficient (Wildman–Crippen LogP) is 3.26. The normalized spacial score (nSPS) is 19.1. The number of amides is 1. The molecule has 9 nitrogen and oxygen atoms in total. The average molecular weight is 448 g/mol. The van der Waals surface area contributed by atoms with E-state index in [1.54, 1.807) is 11.1 Å². The van der Waals surface area contributed by atoms with Crippen LogP contribution in [-0.4, -0.2) is 70.5 Å². The first kappa shape index (κ1) is 22.5. The summed E-state index contributed by atoms with van der Waals surface area (Å²) in [6.45, 7) is 7.24. The summed E-state index contributed by atoms with van der Waals surface area (Å²) < 4.78 is 5.46. The molecule has 0 spiro atoms. The number of carbonyl (C=O) groups is 1. The molecule has 9 heteroatoms. The molecule has 2 aromatic rings. The Hall–Kier alpha value is -3.67. The number of carbonyl (C=O) groups excluding carboxylic acids is 1. The second-order valence-electron chi connectivity index (χ2n) is 9.65. The number of likely N-dealkylation sites (tertiary alicyclic amines) is 1. The van der Waals surface area contributed by atoms with Crippen LogP contribution in [0.25, 0.3) is 11.3 Å². The molecule has 3 heterocycles. The maximum Gasteiger partial charge on any atom is 0.410 e. The Morgan fingerprint density at radius 2 is 2.00 bits per heavy atom. The molecule has 0 bridgehead atoms. The standard InChI is InChI=1S/C24H29N7O2/c1-23(2,3)33-22(32)31-15-24(16-31,10-11-25)18-7-5-17(6-8-18)20-9-12-26-21(29-20)28-19-13-27-30(4)14-19/h5-9,12-13,19H,10,14-16H2,1-4H3,(H,26,28,29). The zero-order chi connectivity index (χ0) is 23.6. The van der Waals surface area contributed by atoms with Gasteiger partial charge < -0.3 is 15.0 Å². The zero-order valence-corrected chi connectivity index (χ0v) is 19.4. The van der Waals surface area contributed by atoms with Gasteiger partial charge in [0, 0.05) is 49.9 Å². The Balaban J connectivity index is 1.46. The van der Waals surface area contributed by atoms with Gasteiger partial charge >= 0.3 is 6.09 Å². The molecule has 172 valence electrons. The highest BCUT2D eigenvalue weighted by molar-refractivity contribution is 5.71. The van der Waals surface area contributed by atoms with Gasteiger partial charge in [0.1, 0.15) is 5.60 Å². The molecule has 1 saturated heterocycles. The number of nitrogens with zero attached hydrogens (tertiary/aromatic N) is 6. The summed E-state index contributed by atoms with van der Waals surface area (Å²) >= 11 is 0. The number of rotatable bonds is 5. The average Bonchev–Trinajstić information content (AvgIpc) is 3.14. The van der Waals surface area contributed by atoms with Crippen LogP contribution in [0.4, 0.5) is 10.7 Å². The van der Waals surface area contributed by atoms with E-state index in [0.717, 1.165) is 23.4 Å². The molecule has 0 radical (unpaired) electrons. The molecule has 1 amide bonds. The van der Waals surface area contributed by atoms with Crippen molar-refractivity contribution in [3.05, 3.63) is 42.1 Å². The number of ether oxygens (including phenoxy) is 1. The van der Waals surface area contributed by atoms with E-state index in [1.807, 2.05) is 69.4 Å². The van der Waals surface area contributed by atoms with Crippen LogP contribution in [0.2, 0.25) is 0 Å². The van der Waals surface area contributed by atoms with E-state index in [1.165, 1.54) is 0 Å². The van der Waals surface area contributed by atoms with Gasteiger partial charge in [-0.15, -0.1) is 0 Å². The van der Waals surface area contributed by atoms with Gasteiger partial charge in [-0.1, -0.05) is 24.3 Å². The number of hydrogen-bond donors (Lipinski definition) is 1. The molecule has 33 heavy (non-hydrogen) atoms. The number of hydrogen-bond acceptors (Lipinski definition) is 8. The minimum Gasteiger partial charge on any atom is -0.444 e. The third-order valence-corrected chi connectivity index (χ3v) is 5.72. The van der Waals surface area contributed by atoms with Crippen LogP contribution in [0.15, 0.2) is 41.6 Å². The highest BCUT2D eigenvalue weighted by Gasteiger charge is 2.47. The fourth-order valence-corrected chi connectivity index (χ4v) is 4.09. The van der Waals surface area contributed by atoms with E-state index in [2.05, 4.69) is 26.5 Å². The molecular weight excluding hydrogens is 418 g/mol. The van der Waals surface area contributed by atoms with Crippen molar-refractivity contribution in [1.82, 2.24) is 19.9 Å². The summed E-state index contributed by atoms with van der Waals surface area (Å²) in [4.78, 5) is 23.0. The van der Waals surface area contributed by atoms with Crippen molar-refractivity contribution in [1.29, 1.82) is 5.26 Å². The number of nitrogens with one attached hydrogen (secondary N) is 1. The van der Waals surface area contributed by atoms with Crippen LogP contribution in [-0.2, 0) is 10.2 Å². The number of aromatic nitrogens is 2. The third-order valence-electron chi connectivity index (χ3n) is 5.72. The van der Waals surface area contributed by atoms with Crippen LogP contribution in [0, 0.1) is 11.3 Å². The van der Waals surface area contributed by atoms with Gasteiger partial charge in [-0.25, -0.2) is 14.8 Å². The molecule has 1 atom stereocenters. The molecule has 1 unspecified atom stereocenters. The lowest BCUT2D eigenvalue weighted by Crippen LogP contribution is -2.61. The van der Waals surface area contributed by atoms with Crippen molar-refractivity contribution < 1.29 is 9.53 Å². The van der Waals surface area contributed by atoms with Gasteiger partial charge in [-0.05, 0) is 32.4 Å². The first-order chi connectivity index (χ1) is 15.7. The van der Waals surface area contributed by atoms with E-state index < -0.39 is 5.60 Å². The highest BCUT2D eigenvalue weighted by atomic mass is 16.6. The zero-order valence-electron chi connectivity index (χ0n) is 19.4. The van der Waals surface area contributed by atoms with E-state index in [4.69, 9.17) is 4.74 Å². The maximum atomic E-state index is 12.4. The number of hydrazone groups is 1. The quantitative estimate of drug-likeness (QED) is 0.750. The first-order valence-corrected chi connectivity index (χ1v) is 11.0. The molecule has 2 aliphatic heterocycles. The molecule has 0 saturated carbocycles. The summed E-state index contributed by atoms with van der Waals surface area (Å²) in [5.41, 5.74) is 1.87. The monoisotopic (exact) mass is 447 g/mol. The van der Waals surface area contributed by atoms with Crippen LogP contribution in [0.1, 0.15) is 32.8 Å². The summed E-state index contributed by atoms with van der Waals surface area (Å²) in [5, 5.41) is 18.8. The minimum atomic E-state index is -0.544. The molecule has 1 aromatic carbocycles. The van der Waals surface area contributed by atoms with Crippen LogP contribution in [0.5, 0.6) is 0 Å². The van der Waals surface area contributed by atoms with Gasteiger partial charge in [-0.3, -0.25) is 5.01 Å². The van der Waals surface area contributed by atoms with Crippen LogP contribution >= 0.6 is 0 Å². The van der Waals surface area contributed by atoms with Gasteiger partial charge in [-0.2, -0.15) is 10.4 Å². The van der Waals surface area contributed by atoms with Crippen molar-refractivity contribution in [3.63, 3.8) is 0 Å². The predicted molar refractivity (Wildman–Crippen MR) is 126 cm³/mol. The summed E-state index contributed by atoms with van der Waals surface area (Å²) in [5.74, 6) is 0.552.